The minimum Gasteiger partial charge on any atom is -0.376 e. The van der Waals surface area contributed by atoms with E-state index in [2.05, 4.69) is 31.9 Å². The van der Waals surface area contributed by atoms with Crippen molar-refractivity contribution in [3.05, 3.63) is 33.3 Å². The van der Waals surface area contributed by atoms with E-state index >= 15 is 0 Å². The number of hydrogen-bond acceptors (Lipinski definition) is 2. The Bertz CT molecular complexity index is 777. The molecule has 0 N–H and O–H groups in total. The van der Waals surface area contributed by atoms with E-state index in [4.69, 9.17) is 23.2 Å². The average molecular weight is 465 g/mol. The molecule has 0 aliphatic heterocycles. The zero-order valence-corrected chi connectivity index (χ0v) is 17.2. The van der Waals surface area contributed by atoms with Crippen LogP contribution in [0.3, 0.4) is 0 Å². The van der Waals surface area contributed by atoms with Crippen LogP contribution >= 0.6 is 55.1 Å². The number of halogens is 4. The van der Waals surface area contributed by atoms with Gasteiger partial charge in [-0.3, -0.25) is 0 Å². The summed E-state index contributed by atoms with van der Waals surface area (Å²) in [5.74, 6) is 0. The van der Waals surface area contributed by atoms with Crippen molar-refractivity contribution in [3.8, 4) is 0 Å². The summed E-state index contributed by atoms with van der Waals surface area (Å²) >= 11 is 20.5. The predicted octanol–water partition coefficient (Wildman–Crippen LogP) is 6.21. The van der Waals surface area contributed by atoms with Crippen molar-refractivity contribution < 1.29 is 0 Å². The number of rotatable bonds is 2. The molecule has 116 valence electrons. The minimum atomic E-state index is 0.711. The van der Waals surface area contributed by atoms with Gasteiger partial charge >= 0.3 is 0 Å². The van der Waals surface area contributed by atoms with E-state index in [0.717, 1.165) is 36.9 Å². The third-order valence-electron chi connectivity index (χ3n) is 3.82. The quantitative estimate of drug-likeness (QED) is 0.521. The molecule has 22 heavy (non-hydrogen) atoms. The summed E-state index contributed by atoms with van der Waals surface area (Å²) < 4.78 is 2.01. The Labute approximate surface area is 156 Å². The Kier molecular flexibility index (Phi) is 4.17. The maximum Gasteiger partial charge on any atom is 0.0653 e. The third kappa shape index (κ3) is 2.19. The molecular formula is C16H14Br2Cl2N2. The first-order valence-corrected chi connectivity index (χ1v) is 8.99. The fourth-order valence-corrected chi connectivity index (χ4v) is 4.79. The van der Waals surface area contributed by atoms with E-state index < -0.39 is 0 Å². The number of hydrogen-bond donors (Lipinski definition) is 0. The zero-order chi connectivity index (χ0) is 16.3. The molecule has 0 radical (unpaired) electrons. The number of benzene rings is 2. The van der Waals surface area contributed by atoms with Crippen LogP contribution < -0.4 is 9.80 Å². The molecule has 2 nitrogen and oxygen atoms in total. The molecule has 0 saturated carbocycles. The van der Waals surface area contributed by atoms with Crippen molar-refractivity contribution in [2.45, 2.75) is 0 Å². The van der Waals surface area contributed by atoms with E-state index in [1.807, 2.05) is 50.1 Å². The maximum atomic E-state index is 6.59. The lowest BCUT2D eigenvalue weighted by atomic mass is 9.99. The second kappa shape index (κ2) is 5.59. The average Bonchev–Trinajstić information content (AvgIpc) is 2.63. The SMILES string of the molecule is CN(C)c1c(Cl)cc2c3c(cc(Cl)c(N(C)C)c13)C(Br)=C2Br. The Morgan fingerprint density at radius 2 is 1.09 bits per heavy atom. The molecule has 0 spiro atoms. The highest BCUT2D eigenvalue weighted by Gasteiger charge is 2.28. The van der Waals surface area contributed by atoms with E-state index in [0.29, 0.717) is 10.0 Å². The molecule has 0 bridgehead atoms. The van der Waals surface area contributed by atoms with E-state index in [-0.39, 0.29) is 0 Å². The molecule has 2 aromatic rings. The summed E-state index contributed by atoms with van der Waals surface area (Å²) in [4.78, 5) is 4.07. The van der Waals surface area contributed by atoms with Gasteiger partial charge in [0.2, 0.25) is 0 Å². The van der Waals surface area contributed by atoms with Gasteiger partial charge in [0.15, 0.2) is 0 Å². The smallest absolute Gasteiger partial charge is 0.0653 e. The van der Waals surface area contributed by atoms with Gasteiger partial charge in [-0.25, -0.2) is 0 Å². The predicted molar refractivity (Wildman–Crippen MR) is 107 cm³/mol. The van der Waals surface area contributed by atoms with Gasteiger partial charge in [0, 0.05) is 47.9 Å². The molecule has 0 fully saturated rings. The molecule has 0 saturated heterocycles. The van der Waals surface area contributed by atoms with Gasteiger partial charge in [-0.05, 0) is 55.1 Å². The van der Waals surface area contributed by atoms with Gasteiger partial charge in [-0.15, -0.1) is 0 Å². The van der Waals surface area contributed by atoms with Crippen LogP contribution in [0.15, 0.2) is 12.1 Å². The Morgan fingerprint density at radius 1 is 0.727 bits per heavy atom. The van der Waals surface area contributed by atoms with E-state index in [1.165, 1.54) is 5.39 Å². The molecule has 0 unspecified atom stereocenters. The van der Waals surface area contributed by atoms with Crippen LogP contribution in [0.2, 0.25) is 10.0 Å². The van der Waals surface area contributed by atoms with Crippen LogP contribution in [0, 0.1) is 0 Å². The zero-order valence-electron chi connectivity index (χ0n) is 12.6. The van der Waals surface area contributed by atoms with Crippen LogP contribution in [0.5, 0.6) is 0 Å². The van der Waals surface area contributed by atoms with Crippen molar-refractivity contribution in [1.29, 1.82) is 0 Å². The molecular weight excluding hydrogens is 451 g/mol. The largest absolute Gasteiger partial charge is 0.376 e. The lowest BCUT2D eigenvalue weighted by molar-refractivity contribution is 1.12. The molecule has 0 atom stereocenters. The molecule has 2 aromatic carbocycles. The monoisotopic (exact) mass is 462 g/mol. The highest BCUT2D eigenvalue weighted by molar-refractivity contribution is 9.18. The summed E-state index contributed by atoms with van der Waals surface area (Å²) in [6.45, 7) is 0. The van der Waals surface area contributed by atoms with Gasteiger partial charge in [0.25, 0.3) is 0 Å². The van der Waals surface area contributed by atoms with Gasteiger partial charge in [0.1, 0.15) is 0 Å². The summed E-state index contributed by atoms with van der Waals surface area (Å²) in [5, 5.41) is 3.66. The van der Waals surface area contributed by atoms with Crippen molar-refractivity contribution in [2.75, 3.05) is 38.0 Å². The van der Waals surface area contributed by atoms with Crippen LogP contribution in [-0.4, -0.2) is 28.2 Å². The van der Waals surface area contributed by atoms with Crippen molar-refractivity contribution in [2.24, 2.45) is 0 Å². The fourth-order valence-electron chi connectivity index (χ4n) is 2.99. The highest BCUT2D eigenvalue weighted by atomic mass is 79.9. The molecule has 0 amide bonds. The second-order valence-electron chi connectivity index (χ2n) is 5.68. The number of nitrogens with zero attached hydrogens (tertiary/aromatic N) is 2. The van der Waals surface area contributed by atoms with Crippen LogP contribution in [0.1, 0.15) is 11.1 Å². The standard InChI is InChI=1S/C16H14Br2Cl2N2/c1-21(2)15-9(19)5-7-11-8(14(18)13(7)17)6-10(20)16(12(11)15)22(3)4/h5-6H,1-4H3. The molecule has 6 heteroatoms. The summed E-state index contributed by atoms with van der Waals surface area (Å²) in [6.07, 6.45) is 0. The maximum absolute atomic E-state index is 6.59. The first kappa shape index (κ1) is 16.4. The Balaban J connectivity index is 2.62. The minimum absolute atomic E-state index is 0.711. The third-order valence-corrected chi connectivity index (χ3v) is 6.57. The molecule has 3 rings (SSSR count). The summed E-state index contributed by atoms with van der Waals surface area (Å²) in [7, 11) is 7.98. The molecule has 1 aliphatic rings. The molecule has 1 aliphatic carbocycles. The Hall–Kier alpha value is -0.420. The van der Waals surface area contributed by atoms with Gasteiger partial charge < -0.3 is 9.80 Å². The van der Waals surface area contributed by atoms with Gasteiger partial charge in [0.05, 0.1) is 21.4 Å². The van der Waals surface area contributed by atoms with Gasteiger partial charge in [-0.1, -0.05) is 23.2 Å². The normalized spacial score (nSPS) is 13.3. The van der Waals surface area contributed by atoms with Gasteiger partial charge in [-0.2, -0.15) is 0 Å². The van der Waals surface area contributed by atoms with Crippen LogP contribution in [-0.2, 0) is 0 Å². The first-order valence-electron chi connectivity index (χ1n) is 6.65. The number of anilines is 2. The fraction of sp³-hybridized carbons (Fsp3) is 0.250. The van der Waals surface area contributed by atoms with Crippen LogP contribution in [0.25, 0.3) is 19.7 Å². The van der Waals surface area contributed by atoms with Crippen molar-refractivity contribution in [3.63, 3.8) is 0 Å². The van der Waals surface area contributed by atoms with Crippen LogP contribution in [0.4, 0.5) is 11.4 Å². The topological polar surface area (TPSA) is 6.48 Å². The van der Waals surface area contributed by atoms with E-state index in [1.54, 1.807) is 0 Å². The lowest BCUT2D eigenvalue weighted by Crippen LogP contribution is -2.14. The highest BCUT2D eigenvalue weighted by Crippen LogP contribution is 2.55. The van der Waals surface area contributed by atoms with Crippen molar-refractivity contribution >= 4 is 86.2 Å². The lowest BCUT2D eigenvalue weighted by Gasteiger charge is -2.25. The summed E-state index contributed by atoms with van der Waals surface area (Å²) in [6, 6.07) is 4.02. The molecule has 0 aromatic heterocycles. The second-order valence-corrected chi connectivity index (χ2v) is 8.08. The Morgan fingerprint density at radius 3 is 1.41 bits per heavy atom. The van der Waals surface area contributed by atoms with E-state index in [9.17, 15) is 0 Å². The van der Waals surface area contributed by atoms with Crippen molar-refractivity contribution in [1.82, 2.24) is 0 Å². The first-order chi connectivity index (χ1) is 10.3. The molecule has 0 heterocycles. The summed E-state index contributed by atoms with van der Waals surface area (Å²) in [5.41, 5.74) is 4.14.